The molecule has 96 valence electrons. The summed E-state index contributed by atoms with van der Waals surface area (Å²) in [5.41, 5.74) is 6.82. The van der Waals surface area contributed by atoms with Gasteiger partial charge in [0.25, 0.3) is 0 Å². The second-order valence-electron chi connectivity index (χ2n) is 4.82. The van der Waals surface area contributed by atoms with E-state index in [0.29, 0.717) is 0 Å². The maximum absolute atomic E-state index is 4.64. The van der Waals surface area contributed by atoms with Gasteiger partial charge in [-0.1, -0.05) is 6.07 Å². The third-order valence-corrected chi connectivity index (χ3v) is 3.98. The van der Waals surface area contributed by atoms with Gasteiger partial charge in [0.1, 0.15) is 4.60 Å². The molecule has 0 spiro atoms. The summed E-state index contributed by atoms with van der Waals surface area (Å²) in [7, 11) is 0. The number of aryl methyl sites for hydroxylation is 3. The van der Waals surface area contributed by atoms with Gasteiger partial charge in [0.15, 0.2) is 5.65 Å². The number of imidazole rings is 1. The van der Waals surface area contributed by atoms with E-state index < -0.39 is 0 Å². The van der Waals surface area contributed by atoms with E-state index in [1.54, 1.807) is 6.20 Å². The number of rotatable bonds is 1. The highest BCUT2D eigenvalue weighted by Crippen LogP contribution is 2.25. The van der Waals surface area contributed by atoms with Gasteiger partial charge >= 0.3 is 0 Å². The lowest BCUT2D eigenvalue weighted by Crippen LogP contribution is -1.97. The van der Waals surface area contributed by atoms with Crippen LogP contribution in [0.1, 0.15) is 16.7 Å². The van der Waals surface area contributed by atoms with Gasteiger partial charge in [-0.2, -0.15) is 5.10 Å². The SMILES string of the molecule is Cc1cc(C)c(-c2ccc3ncc(Br)n3n2)cc1C. The molecule has 0 aliphatic heterocycles. The van der Waals surface area contributed by atoms with Crippen molar-refractivity contribution in [1.82, 2.24) is 14.6 Å². The number of benzene rings is 1. The molecule has 3 nitrogen and oxygen atoms in total. The van der Waals surface area contributed by atoms with Crippen molar-refractivity contribution in [2.75, 3.05) is 0 Å². The lowest BCUT2D eigenvalue weighted by molar-refractivity contribution is 0.921. The van der Waals surface area contributed by atoms with Crippen molar-refractivity contribution < 1.29 is 0 Å². The van der Waals surface area contributed by atoms with Crippen LogP contribution in [0.15, 0.2) is 35.1 Å². The molecule has 0 amide bonds. The molecule has 4 heteroatoms. The molecular formula is C15H14BrN3. The van der Waals surface area contributed by atoms with Gasteiger partial charge in [0, 0.05) is 5.56 Å². The second-order valence-corrected chi connectivity index (χ2v) is 5.63. The molecule has 3 rings (SSSR count). The van der Waals surface area contributed by atoms with E-state index in [9.17, 15) is 0 Å². The molecule has 0 aliphatic rings. The topological polar surface area (TPSA) is 30.2 Å². The largest absolute Gasteiger partial charge is 0.234 e. The van der Waals surface area contributed by atoms with Gasteiger partial charge in [-0.05, 0) is 71.6 Å². The lowest BCUT2D eigenvalue weighted by atomic mass is 9.99. The molecule has 19 heavy (non-hydrogen) atoms. The molecule has 0 saturated carbocycles. The molecule has 0 fully saturated rings. The zero-order valence-electron chi connectivity index (χ0n) is 11.1. The van der Waals surface area contributed by atoms with Crippen molar-refractivity contribution in [2.45, 2.75) is 20.8 Å². The minimum absolute atomic E-state index is 0.845. The van der Waals surface area contributed by atoms with E-state index in [4.69, 9.17) is 0 Å². The van der Waals surface area contributed by atoms with E-state index in [0.717, 1.165) is 15.9 Å². The maximum Gasteiger partial charge on any atom is 0.154 e. The zero-order valence-corrected chi connectivity index (χ0v) is 12.7. The summed E-state index contributed by atoms with van der Waals surface area (Å²) < 4.78 is 2.68. The minimum atomic E-state index is 0.845. The van der Waals surface area contributed by atoms with Crippen molar-refractivity contribution in [3.63, 3.8) is 0 Å². The Morgan fingerprint density at radius 1 is 1.00 bits per heavy atom. The predicted molar refractivity (Wildman–Crippen MR) is 80.3 cm³/mol. The van der Waals surface area contributed by atoms with E-state index in [1.165, 1.54) is 22.3 Å². The Morgan fingerprint density at radius 3 is 2.53 bits per heavy atom. The first kappa shape index (κ1) is 12.4. The van der Waals surface area contributed by atoms with Crippen molar-refractivity contribution in [2.24, 2.45) is 0 Å². The molecule has 0 N–H and O–H groups in total. The number of fused-ring (bicyclic) bond motifs is 1. The van der Waals surface area contributed by atoms with Crippen LogP contribution in [0, 0.1) is 20.8 Å². The highest BCUT2D eigenvalue weighted by atomic mass is 79.9. The average Bonchev–Trinajstić information content (AvgIpc) is 2.75. The quantitative estimate of drug-likeness (QED) is 0.677. The van der Waals surface area contributed by atoms with Crippen LogP contribution in [-0.2, 0) is 0 Å². The summed E-state index contributed by atoms with van der Waals surface area (Å²) in [5.74, 6) is 0. The second kappa shape index (κ2) is 4.46. The van der Waals surface area contributed by atoms with Crippen LogP contribution in [0.4, 0.5) is 0 Å². The molecule has 2 aromatic heterocycles. The van der Waals surface area contributed by atoms with Crippen LogP contribution in [0.5, 0.6) is 0 Å². The van der Waals surface area contributed by atoms with E-state index in [1.807, 2.05) is 16.6 Å². The van der Waals surface area contributed by atoms with Gasteiger partial charge < -0.3 is 0 Å². The van der Waals surface area contributed by atoms with E-state index in [-0.39, 0.29) is 0 Å². The molecule has 2 heterocycles. The average molecular weight is 316 g/mol. The fourth-order valence-corrected chi connectivity index (χ4v) is 2.59. The first-order valence-electron chi connectivity index (χ1n) is 6.15. The standard InChI is InChI=1S/C15H14BrN3/c1-9-6-11(3)12(7-10(9)2)13-4-5-15-17-8-14(16)19(15)18-13/h4-8H,1-3H3. The number of aromatic nitrogens is 3. The molecule has 0 unspecified atom stereocenters. The van der Waals surface area contributed by atoms with Gasteiger partial charge in [-0.3, -0.25) is 0 Å². The Kier molecular flexibility index (Phi) is 2.90. The number of nitrogens with zero attached hydrogens (tertiary/aromatic N) is 3. The van der Waals surface area contributed by atoms with Crippen LogP contribution < -0.4 is 0 Å². The Bertz CT molecular complexity index is 774. The molecule has 0 saturated heterocycles. The van der Waals surface area contributed by atoms with E-state index in [2.05, 4.69) is 58.9 Å². The van der Waals surface area contributed by atoms with E-state index >= 15 is 0 Å². The van der Waals surface area contributed by atoms with Gasteiger partial charge in [-0.25, -0.2) is 9.50 Å². The lowest BCUT2D eigenvalue weighted by Gasteiger charge is -2.09. The number of hydrogen-bond donors (Lipinski definition) is 0. The maximum atomic E-state index is 4.64. The minimum Gasteiger partial charge on any atom is -0.234 e. The first-order chi connectivity index (χ1) is 9.06. The van der Waals surface area contributed by atoms with Gasteiger partial charge in [0.05, 0.1) is 11.9 Å². The third-order valence-electron chi connectivity index (χ3n) is 3.44. The Hall–Kier alpha value is -1.68. The molecular weight excluding hydrogens is 302 g/mol. The normalized spacial score (nSPS) is 11.2. The Morgan fingerprint density at radius 2 is 1.74 bits per heavy atom. The van der Waals surface area contributed by atoms with Crippen molar-refractivity contribution in [3.05, 3.63) is 51.8 Å². The third kappa shape index (κ3) is 2.06. The smallest absolute Gasteiger partial charge is 0.154 e. The summed E-state index contributed by atoms with van der Waals surface area (Å²) in [6, 6.07) is 8.41. The molecule has 0 radical (unpaired) electrons. The number of halogens is 1. The van der Waals surface area contributed by atoms with Gasteiger partial charge in [-0.15, -0.1) is 0 Å². The van der Waals surface area contributed by atoms with Crippen LogP contribution in [-0.4, -0.2) is 14.6 Å². The summed E-state index contributed by atoms with van der Waals surface area (Å²) >= 11 is 3.46. The molecule has 0 aliphatic carbocycles. The summed E-state index contributed by atoms with van der Waals surface area (Å²) in [6.07, 6.45) is 1.76. The monoisotopic (exact) mass is 315 g/mol. The van der Waals surface area contributed by atoms with Gasteiger partial charge in [0.2, 0.25) is 0 Å². The highest BCUT2D eigenvalue weighted by Gasteiger charge is 2.08. The first-order valence-corrected chi connectivity index (χ1v) is 6.94. The molecule has 0 bridgehead atoms. The van der Waals surface area contributed by atoms with Crippen LogP contribution in [0.2, 0.25) is 0 Å². The fraction of sp³-hybridized carbons (Fsp3) is 0.200. The summed E-state index contributed by atoms with van der Waals surface area (Å²) in [5, 5.41) is 4.64. The van der Waals surface area contributed by atoms with Crippen molar-refractivity contribution >= 4 is 21.6 Å². The Labute approximate surface area is 120 Å². The number of hydrogen-bond acceptors (Lipinski definition) is 2. The van der Waals surface area contributed by atoms with Crippen molar-refractivity contribution in [1.29, 1.82) is 0 Å². The highest BCUT2D eigenvalue weighted by molar-refractivity contribution is 9.10. The molecule has 0 atom stereocenters. The van der Waals surface area contributed by atoms with Crippen molar-refractivity contribution in [3.8, 4) is 11.3 Å². The van der Waals surface area contributed by atoms with Crippen LogP contribution in [0.3, 0.4) is 0 Å². The fourth-order valence-electron chi connectivity index (χ4n) is 2.23. The summed E-state index contributed by atoms with van der Waals surface area (Å²) in [6.45, 7) is 6.38. The predicted octanol–water partition coefficient (Wildman–Crippen LogP) is 4.08. The molecule has 1 aromatic carbocycles. The molecule has 3 aromatic rings. The Balaban J connectivity index is 2.24. The zero-order chi connectivity index (χ0) is 13.6. The van der Waals surface area contributed by atoms with Crippen LogP contribution >= 0.6 is 15.9 Å². The summed E-state index contributed by atoms with van der Waals surface area (Å²) in [4.78, 5) is 4.26. The van der Waals surface area contributed by atoms with Crippen LogP contribution in [0.25, 0.3) is 16.9 Å².